The summed E-state index contributed by atoms with van der Waals surface area (Å²) in [5.74, 6) is -0.760. The van der Waals surface area contributed by atoms with Gasteiger partial charge in [-0.2, -0.15) is 0 Å². The first-order valence-corrected chi connectivity index (χ1v) is 4.94. The zero-order chi connectivity index (χ0) is 10.8. The van der Waals surface area contributed by atoms with Crippen LogP contribution >= 0.6 is 0 Å². The van der Waals surface area contributed by atoms with E-state index in [1.165, 1.54) is 6.07 Å². The summed E-state index contributed by atoms with van der Waals surface area (Å²) in [6.07, 6.45) is 0.588. The lowest BCUT2D eigenvalue weighted by atomic mass is 9.82. The van der Waals surface area contributed by atoms with Crippen molar-refractivity contribution in [3.63, 3.8) is 0 Å². The van der Waals surface area contributed by atoms with Gasteiger partial charge in [-0.15, -0.1) is 0 Å². The topological polar surface area (TPSA) is 34.1 Å². The number of halogens is 1. The molecule has 1 aromatic carbocycles. The van der Waals surface area contributed by atoms with Gasteiger partial charge in [0.05, 0.1) is 6.42 Å². The van der Waals surface area contributed by atoms with Crippen molar-refractivity contribution in [1.29, 1.82) is 0 Å². The molecule has 0 saturated heterocycles. The quantitative estimate of drug-likeness (QED) is 0.660. The first kappa shape index (κ1) is 10.0. The Morgan fingerprint density at radius 1 is 1.07 bits per heavy atom. The van der Waals surface area contributed by atoms with Crippen molar-refractivity contribution in [3.8, 4) is 0 Å². The third-order valence-electron chi connectivity index (χ3n) is 2.69. The standard InChI is InChI=1S/C12H11FO2/c13-12-4-2-1-3-11(12)8-5-9(14)7-10(15)6-8/h1-4,8H,5-7H2. The van der Waals surface area contributed by atoms with Crippen molar-refractivity contribution < 1.29 is 14.0 Å². The highest BCUT2D eigenvalue weighted by molar-refractivity contribution is 6.02. The number of hydrogen-bond acceptors (Lipinski definition) is 2. The maximum Gasteiger partial charge on any atom is 0.140 e. The molecule has 78 valence electrons. The van der Waals surface area contributed by atoms with Crippen LogP contribution in [0.15, 0.2) is 24.3 Å². The summed E-state index contributed by atoms with van der Waals surface area (Å²) in [5.41, 5.74) is 0.485. The van der Waals surface area contributed by atoms with Crippen molar-refractivity contribution >= 4 is 11.6 Å². The van der Waals surface area contributed by atoms with Gasteiger partial charge < -0.3 is 0 Å². The summed E-state index contributed by atoms with van der Waals surface area (Å²) < 4.78 is 13.4. The summed E-state index contributed by atoms with van der Waals surface area (Å²) in [4.78, 5) is 22.5. The fourth-order valence-electron chi connectivity index (χ4n) is 2.01. The Kier molecular flexibility index (Phi) is 2.62. The molecule has 3 heteroatoms. The van der Waals surface area contributed by atoms with E-state index >= 15 is 0 Å². The van der Waals surface area contributed by atoms with Gasteiger partial charge >= 0.3 is 0 Å². The first-order valence-electron chi connectivity index (χ1n) is 4.94. The van der Waals surface area contributed by atoms with E-state index in [1.807, 2.05) is 0 Å². The average molecular weight is 206 g/mol. The summed E-state index contributed by atoms with van der Waals surface area (Å²) >= 11 is 0. The summed E-state index contributed by atoms with van der Waals surface area (Å²) in [5, 5.41) is 0. The molecule has 1 aliphatic carbocycles. The number of carbonyl (C=O) groups excluding carboxylic acids is 2. The molecule has 0 radical (unpaired) electrons. The van der Waals surface area contributed by atoms with Crippen LogP contribution in [0.25, 0.3) is 0 Å². The van der Waals surface area contributed by atoms with E-state index in [0.717, 1.165) is 0 Å². The van der Waals surface area contributed by atoms with E-state index < -0.39 is 0 Å². The van der Waals surface area contributed by atoms with E-state index in [9.17, 15) is 14.0 Å². The molecule has 1 aromatic rings. The smallest absolute Gasteiger partial charge is 0.140 e. The number of benzene rings is 1. The minimum Gasteiger partial charge on any atom is -0.299 e. The Bertz CT molecular complexity index is 396. The number of carbonyl (C=O) groups is 2. The third-order valence-corrected chi connectivity index (χ3v) is 2.69. The summed E-state index contributed by atoms with van der Waals surface area (Å²) in [6.45, 7) is 0. The van der Waals surface area contributed by atoms with Crippen LogP contribution in [0.3, 0.4) is 0 Å². The van der Waals surface area contributed by atoms with E-state index in [1.54, 1.807) is 18.2 Å². The van der Waals surface area contributed by atoms with Gasteiger partial charge in [-0.3, -0.25) is 9.59 Å². The van der Waals surface area contributed by atoms with Crippen LogP contribution in [0.4, 0.5) is 4.39 Å². The third kappa shape index (κ3) is 2.12. The van der Waals surface area contributed by atoms with Crippen LogP contribution in [0.5, 0.6) is 0 Å². The van der Waals surface area contributed by atoms with E-state index in [2.05, 4.69) is 0 Å². The molecule has 0 bridgehead atoms. The highest BCUT2D eigenvalue weighted by Crippen LogP contribution is 2.30. The van der Waals surface area contributed by atoms with Gasteiger partial charge in [-0.05, 0) is 11.6 Å². The fraction of sp³-hybridized carbons (Fsp3) is 0.333. The number of hydrogen-bond donors (Lipinski definition) is 0. The van der Waals surface area contributed by atoms with Crippen molar-refractivity contribution in [1.82, 2.24) is 0 Å². The lowest BCUT2D eigenvalue weighted by molar-refractivity contribution is -0.130. The van der Waals surface area contributed by atoms with Gasteiger partial charge in [-0.1, -0.05) is 18.2 Å². The van der Waals surface area contributed by atoms with Crippen LogP contribution in [-0.2, 0) is 9.59 Å². The first-order chi connectivity index (χ1) is 7.16. The van der Waals surface area contributed by atoms with Gasteiger partial charge in [0.1, 0.15) is 17.4 Å². The van der Waals surface area contributed by atoms with Crippen LogP contribution in [0, 0.1) is 5.82 Å². The number of Topliss-reactive ketones (excluding diaryl/α,β-unsaturated/α-hetero) is 2. The maximum absolute atomic E-state index is 13.4. The van der Waals surface area contributed by atoms with Gasteiger partial charge in [0.15, 0.2) is 0 Å². The maximum atomic E-state index is 13.4. The lowest BCUT2D eigenvalue weighted by Gasteiger charge is -2.20. The van der Waals surface area contributed by atoms with Gasteiger partial charge in [-0.25, -0.2) is 4.39 Å². The molecular weight excluding hydrogens is 195 g/mol. The molecule has 1 aliphatic rings. The van der Waals surface area contributed by atoms with Crippen molar-refractivity contribution in [3.05, 3.63) is 35.6 Å². The molecule has 0 spiro atoms. The SMILES string of the molecule is O=C1CC(=O)CC(c2ccccc2F)C1. The van der Waals surface area contributed by atoms with Crippen LogP contribution in [-0.4, -0.2) is 11.6 Å². The second-order valence-electron chi connectivity index (χ2n) is 3.88. The zero-order valence-corrected chi connectivity index (χ0v) is 8.20. The molecule has 0 aliphatic heterocycles. The van der Waals surface area contributed by atoms with E-state index in [0.29, 0.717) is 5.56 Å². The summed E-state index contributed by atoms with van der Waals surface area (Å²) in [6, 6.07) is 6.33. The Morgan fingerprint density at radius 2 is 1.67 bits per heavy atom. The molecule has 15 heavy (non-hydrogen) atoms. The molecule has 0 aromatic heterocycles. The summed E-state index contributed by atoms with van der Waals surface area (Å²) in [7, 11) is 0. The van der Waals surface area contributed by atoms with Crippen LogP contribution < -0.4 is 0 Å². The van der Waals surface area contributed by atoms with Crippen molar-refractivity contribution in [2.75, 3.05) is 0 Å². The van der Waals surface area contributed by atoms with Gasteiger partial charge in [0, 0.05) is 18.8 Å². The predicted octanol–water partition coefficient (Wildman–Crippen LogP) is 2.23. The molecule has 0 N–H and O–H groups in total. The van der Waals surface area contributed by atoms with Gasteiger partial charge in [0.25, 0.3) is 0 Å². The second kappa shape index (κ2) is 3.93. The van der Waals surface area contributed by atoms with E-state index in [-0.39, 0.29) is 42.6 Å². The number of rotatable bonds is 1. The Morgan fingerprint density at radius 3 is 2.27 bits per heavy atom. The number of ketones is 2. The zero-order valence-electron chi connectivity index (χ0n) is 8.20. The highest BCUT2D eigenvalue weighted by atomic mass is 19.1. The Balaban J connectivity index is 2.27. The minimum absolute atomic E-state index is 0.0188. The molecule has 0 heterocycles. The average Bonchev–Trinajstić information content (AvgIpc) is 2.16. The predicted molar refractivity (Wildman–Crippen MR) is 53.0 cm³/mol. The molecule has 1 fully saturated rings. The van der Waals surface area contributed by atoms with Crippen molar-refractivity contribution in [2.45, 2.75) is 25.2 Å². The highest BCUT2D eigenvalue weighted by Gasteiger charge is 2.27. The second-order valence-corrected chi connectivity index (χ2v) is 3.88. The van der Waals surface area contributed by atoms with Crippen LogP contribution in [0.2, 0.25) is 0 Å². The monoisotopic (exact) mass is 206 g/mol. The van der Waals surface area contributed by atoms with Gasteiger partial charge in [0.2, 0.25) is 0 Å². The molecular formula is C12H11FO2. The molecule has 0 atom stereocenters. The molecule has 1 saturated carbocycles. The largest absolute Gasteiger partial charge is 0.299 e. The molecule has 0 amide bonds. The Labute approximate surface area is 87.1 Å². The lowest BCUT2D eigenvalue weighted by Crippen LogP contribution is -2.21. The molecule has 2 rings (SSSR count). The Hall–Kier alpha value is -1.51. The molecule has 0 unspecified atom stereocenters. The van der Waals surface area contributed by atoms with Crippen molar-refractivity contribution in [2.24, 2.45) is 0 Å². The van der Waals surface area contributed by atoms with Crippen LogP contribution in [0.1, 0.15) is 30.7 Å². The van der Waals surface area contributed by atoms with E-state index in [4.69, 9.17) is 0 Å². The molecule has 2 nitrogen and oxygen atoms in total. The minimum atomic E-state index is -0.329. The normalized spacial score (nSPS) is 18.2. The fourth-order valence-corrected chi connectivity index (χ4v) is 2.01.